The van der Waals surface area contributed by atoms with Crippen molar-refractivity contribution in [1.29, 1.82) is 0 Å². The second-order valence-corrected chi connectivity index (χ2v) is 3.43. The van der Waals surface area contributed by atoms with Crippen LogP contribution in [0.4, 0.5) is 10.5 Å². The summed E-state index contributed by atoms with van der Waals surface area (Å²) in [5.74, 6) is 0.755. The number of benzene rings is 1. The van der Waals surface area contributed by atoms with E-state index in [0.29, 0.717) is 13.0 Å². The number of hydrogen-bond donors (Lipinski definition) is 3. The predicted octanol–water partition coefficient (Wildman–Crippen LogP) is 1.17. The molecule has 0 unspecified atom stereocenters. The van der Waals surface area contributed by atoms with E-state index in [1.165, 1.54) is 6.33 Å². The third-order valence-corrected chi connectivity index (χ3v) is 2.14. The van der Waals surface area contributed by atoms with Crippen LogP contribution >= 0.6 is 0 Å². The van der Waals surface area contributed by atoms with E-state index in [1.807, 2.05) is 30.3 Å². The lowest BCUT2D eigenvalue weighted by Crippen LogP contribution is -2.30. The van der Waals surface area contributed by atoms with Crippen LogP contribution in [-0.2, 0) is 6.42 Å². The average molecular weight is 231 g/mol. The minimum Gasteiger partial charge on any atom is -0.337 e. The largest absolute Gasteiger partial charge is 0.337 e. The van der Waals surface area contributed by atoms with Gasteiger partial charge in [0.1, 0.15) is 12.2 Å². The van der Waals surface area contributed by atoms with Crippen LogP contribution in [0.3, 0.4) is 0 Å². The molecule has 6 heteroatoms. The molecular weight excluding hydrogens is 218 g/mol. The first kappa shape index (κ1) is 11.1. The molecule has 3 N–H and O–H groups in total. The highest BCUT2D eigenvalue weighted by atomic mass is 16.2. The number of para-hydroxylation sites is 1. The monoisotopic (exact) mass is 231 g/mol. The molecule has 0 spiro atoms. The van der Waals surface area contributed by atoms with Crippen molar-refractivity contribution < 1.29 is 4.79 Å². The lowest BCUT2D eigenvalue weighted by molar-refractivity contribution is 0.252. The summed E-state index contributed by atoms with van der Waals surface area (Å²) in [6.45, 7) is 0.508. The Morgan fingerprint density at radius 1 is 1.29 bits per heavy atom. The van der Waals surface area contributed by atoms with Crippen molar-refractivity contribution in [3.8, 4) is 0 Å². The number of anilines is 1. The van der Waals surface area contributed by atoms with E-state index >= 15 is 0 Å². The lowest BCUT2D eigenvalue weighted by Gasteiger charge is -2.06. The standard InChI is InChI=1S/C11H13N5O/c17-11(15-9-4-2-1-3-5-9)12-7-6-10-13-8-14-16-10/h1-5,8H,6-7H2,(H2,12,15,17)(H,13,14,16). The Labute approximate surface area is 98.5 Å². The maximum Gasteiger partial charge on any atom is 0.319 e. The van der Waals surface area contributed by atoms with Gasteiger partial charge in [-0.05, 0) is 12.1 Å². The number of rotatable bonds is 4. The fraction of sp³-hybridized carbons (Fsp3) is 0.182. The van der Waals surface area contributed by atoms with E-state index in [0.717, 1.165) is 11.5 Å². The third-order valence-electron chi connectivity index (χ3n) is 2.14. The van der Waals surface area contributed by atoms with E-state index in [1.54, 1.807) is 0 Å². The average Bonchev–Trinajstić information content (AvgIpc) is 2.83. The highest BCUT2D eigenvalue weighted by Crippen LogP contribution is 2.03. The lowest BCUT2D eigenvalue weighted by atomic mass is 10.3. The first-order valence-electron chi connectivity index (χ1n) is 5.29. The molecule has 2 rings (SSSR count). The fourth-order valence-electron chi connectivity index (χ4n) is 1.34. The molecule has 17 heavy (non-hydrogen) atoms. The molecule has 0 aliphatic heterocycles. The summed E-state index contributed by atoms with van der Waals surface area (Å²) in [4.78, 5) is 15.4. The first-order valence-corrected chi connectivity index (χ1v) is 5.29. The van der Waals surface area contributed by atoms with Crippen molar-refractivity contribution in [2.45, 2.75) is 6.42 Å². The van der Waals surface area contributed by atoms with Crippen molar-refractivity contribution >= 4 is 11.7 Å². The summed E-state index contributed by atoms with van der Waals surface area (Å²) in [6, 6.07) is 9.06. The zero-order chi connectivity index (χ0) is 11.9. The molecule has 2 aromatic rings. The summed E-state index contributed by atoms with van der Waals surface area (Å²) in [5.41, 5.74) is 0.768. The number of carbonyl (C=O) groups excluding carboxylic acids is 1. The number of nitrogens with zero attached hydrogens (tertiary/aromatic N) is 2. The van der Waals surface area contributed by atoms with Crippen molar-refractivity contribution in [3.63, 3.8) is 0 Å². The van der Waals surface area contributed by atoms with Crippen LogP contribution < -0.4 is 10.6 Å². The SMILES string of the molecule is O=C(NCCc1ncn[nH]1)Nc1ccccc1. The molecule has 1 aromatic heterocycles. The summed E-state index contributed by atoms with van der Waals surface area (Å²) in [6.07, 6.45) is 2.07. The minimum absolute atomic E-state index is 0.226. The molecule has 6 nitrogen and oxygen atoms in total. The van der Waals surface area contributed by atoms with Crippen LogP contribution in [0, 0.1) is 0 Å². The summed E-state index contributed by atoms with van der Waals surface area (Å²) >= 11 is 0. The van der Waals surface area contributed by atoms with E-state index in [4.69, 9.17) is 0 Å². The van der Waals surface area contributed by atoms with Crippen LogP contribution in [0.2, 0.25) is 0 Å². The number of amides is 2. The molecule has 0 fully saturated rings. The molecule has 0 atom stereocenters. The number of aromatic amines is 1. The molecule has 1 heterocycles. The highest BCUT2D eigenvalue weighted by molar-refractivity contribution is 5.89. The molecule has 0 saturated heterocycles. The van der Waals surface area contributed by atoms with Gasteiger partial charge in [-0.2, -0.15) is 5.10 Å². The Morgan fingerprint density at radius 2 is 2.12 bits per heavy atom. The molecule has 0 aliphatic rings. The van der Waals surface area contributed by atoms with Crippen LogP contribution in [0.1, 0.15) is 5.82 Å². The van der Waals surface area contributed by atoms with Gasteiger partial charge in [-0.3, -0.25) is 5.10 Å². The van der Waals surface area contributed by atoms with Crippen LogP contribution in [0.15, 0.2) is 36.7 Å². The summed E-state index contributed by atoms with van der Waals surface area (Å²) in [7, 11) is 0. The zero-order valence-corrected chi connectivity index (χ0v) is 9.18. The molecular formula is C11H13N5O. The smallest absolute Gasteiger partial charge is 0.319 e. The summed E-state index contributed by atoms with van der Waals surface area (Å²) < 4.78 is 0. The van der Waals surface area contributed by atoms with Crippen molar-refractivity contribution in [2.75, 3.05) is 11.9 Å². The molecule has 2 amide bonds. The van der Waals surface area contributed by atoms with Gasteiger partial charge in [0.05, 0.1) is 0 Å². The number of hydrogen-bond acceptors (Lipinski definition) is 3. The van der Waals surface area contributed by atoms with Gasteiger partial charge in [0, 0.05) is 18.7 Å². The Bertz CT molecular complexity index is 454. The topological polar surface area (TPSA) is 82.7 Å². The van der Waals surface area contributed by atoms with E-state index in [2.05, 4.69) is 25.8 Å². The number of carbonyl (C=O) groups is 1. The van der Waals surface area contributed by atoms with Gasteiger partial charge < -0.3 is 10.6 Å². The molecule has 0 saturated carbocycles. The minimum atomic E-state index is -0.226. The summed E-state index contributed by atoms with van der Waals surface area (Å²) in [5, 5.41) is 11.9. The van der Waals surface area contributed by atoms with Gasteiger partial charge in [0.25, 0.3) is 0 Å². The molecule has 0 radical (unpaired) electrons. The van der Waals surface area contributed by atoms with Gasteiger partial charge in [-0.15, -0.1) is 0 Å². The Morgan fingerprint density at radius 3 is 2.82 bits per heavy atom. The fourth-order valence-corrected chi connectivity index (χ4v) is 1.34. The van der Waals surface area contributed by atoms with Gasteiger partial charge in [-0.1, -0.05) is 18.2 Å². The number of urea groups is 1. The van der Waals surface area contributed by atoms with Gasteiger partial charge in [0.2, 0.25) is 0 Å². The number of nitrogens with one attached hydrogen (secondary N) is 3. The molecule has 0 bridgehead atoms. The highest BCUT2D eigenvalue weighted by Gasteiger charge is 2.01. The van der Waals surface area contributed by atoms with Crippen LogP contribution in [-0.4, -0.2) is 27.8 Å². The maximum absolute atomic E-state index is 11.5. The van der Waals surface area contributed by atoms with Gasteiger partial charge >= 0.3 is 6.03 Å². The predicted molar refractivity (Wildman–Crippen MR) is 63.6 cm³/mol. The van der Waals surface area contributed by atoms with Gasteiger partial charge in [-0.25, -0.2) is 9.78 Å². The van der Waals surface area contributed by atoms with Crippen LogP contribution in [0.5, 0.6) is 0 Å². The second kappa shape index (κ2) is 5.64. The molecule has 0 aliphatic carbocycles. The van der Waals surface area contributed by atoms with Gasteiger partial charge in [0.15, 0.2) is 0 Å². The number of aromatic nitrogens is 3. The van der Waals surface area contributed by atoms with Crippen LogP contribution in [0.25, 0.3) is 0 Å². The third kappa shape index (κ3) is 3.60. The Hall–Kier alpha value is -2.37. The quantitative estimate of drug-likeness (QED) is 0.738. The Kier molecular flexibility index (Phi) is 3.69. The normalized spacial score (nSPS) is 9.88. The van der Waals surface area contributed by atoms with Crippen molar-refractivity contribution in [3.05, 3.63) is 42.5 Å². The second-order valence-electron chi connectivity index (χ2n) is 3.43. The van der Waals surface area contributed by atoms with E-state index < -0.39 is 0 Å². The molecule has 1 aromatic carbocycles. The maximum atomic E-state index is 11.5. The van der Waals surface area contributed by atoms with Crippen molar-refractivity contribution in [2.24, 2.45) is 0 Å². The molecule has 88 valence electrons. The van der Waals surface area contributed by atoms with E-state index in [9.17, 15) is 4.79 Å². The number of H-pyrrole nitrogens is 1. The van der Waals surface area contributed by atoms with Crippen molar-refractivity contribution in [1.82, 2.24) is 20.5 Å². The first-order chi connectivity index (χ1) is 8.34. The van der Waals surface area contributed by atoms with E-state index in [-0.39, 0.29) is 6.03 Å². The zero-order valence-electron chi connectivity index (χ0n) is 9.18. The Balaban J connectivity index is 1.71.